The van der Waals surface area contributed by atoms with Crippen LogP contribution in [0.5, 0.6) is 5.75 Å². The van der Waals surface area contributed by atoms with Gasteiger partial charge in [-0.1, -0.05) is 0 Å². The third-order valence-corrected chi connectivity index (χ3v) is 2.28. The summed E-state index contributed by atoms with van der Waals surface area (Å²) < 4.78 is 6.32. The smallest absolute Gasteiger partial charge is 0.273 e. The van der Waals surface area contributed by atoms with Crippen LogP contribution in [0.1, 0.15) is 0 Å². The number of nitrogens with two attached hydrogens (primary N) is 1. The summed E-state index contributed by atoms with van der Waals surface area (Å²) in [6.45, 7) is 0. The number of anilines is 1. The molecule has 6 heteroatoms. The fourth-order valence-corrected chi connectivity index (χ4v) is 1.40. The molecular formula is C11H12N4O2. The van der Waals surface area contributed by atoms with Gasteiger partial charge in [-0.3, -0.25) is 10.6 Å². The first-order chi connectivity index (χ1) is 8.24. The molecule has 88 valence electrons. The molecule has 0 spiro atoms. The number of nitrogens with zero attached hydrogens (tertiary/aromatic N) is 2. The first-order valence-corrected chi connectivity index (χ1v) is 4.95. The number of rotatable bonds is 3. The average molecular weight is 232 g/mol. The highest BCUT2D eigenvalue weighted by Gasteiger charge is 2.02. The zero-order chi connectivity index (χ0) is 12.3. The van der Waals surface area contributed by atoms with Gasteiger partial charge in [0.05, 0.1) is 24.7 Å². The van der Waals surface area contributed by atoms with Crippen molar-refractivity contribution in [2.45, 2.75) is 0 Å². The van der Waals surface area contributed by atoms with Crippen molar-refractivity contribution < 1.29 is 4.74 Å². The van der Waals surface area contributed by atoms with Crippen LogP contribution in [-0.2, 0) is 0 Å². The first-order valence-electron chi connectivity index (χ1n) is 4.95. The van der Waals surface area contributed by atoms with E-state index in [0.717, 1.165) is 5.75 Å². The van der Waals surface area contributed by atoms with Crippen LogP contribution in [0.4, 0.5) is 5.69 Å². The second-order valence-corrected chi connectivity index (χ2v) is 3.34. The van der Waals surface area contributed by atoms with Gasteiger partial charge < -0.3 is 10.2 Å². The molecule has 2 aromatic rings. The molecule has 0 radical (unpaired) electrons. The number of nitrogens with one attached hydrogen (secondary N) is 1. The number of nitrogen functional groups attached to an aromatic ring is 1. The number of ether oxygens (including phenoxy) is 1. The molecule has 0 fully saturated rings. The molecule has 0 atom stereocenters. The largest absolute Gasteiger partial charge is 0.497 e. The second-order valence-electron chi connectivity index (χ2n) is 3.34. The van der Waals surface area contributed by atoms with Gasteiger partial charge in [-0.05, 0) is 24.3 Å². The molecule has 0 saturated heterocycles. The maximum atomic E-state index is 11.7. The van der Waals surface area contributed by atoms with E-state index in [1.165, 1.54) is 16.9 Å². The summed E-state index contributed by atoms with van der Waals surface area (Å²) >= 11 is 0. The Kier molecular flexibility index (Phi) is 3.06. The Hall–Kier alpha value is -2.34. The molecule has 0 saturated carbocycles. The van der Waals surface area contributed by atoms with Crippen LogP contribution in [0.3, 0.4) is 0 Å². The molecule has 1 aromatic carbocycles. The number of methoxy groups -OCH3 is 1. The van der Waals surface area contributed by atoms with Crippen LogP contribution in [0.15, 0.2) is 41.3 Å². The van der Waals surface area contributed by atoms with E-state index in [1.54, 1.807) is 31.4 Å². The molecule has 0 aliphatic carbocycles. The van der Waals surface area contributed by atoms with Crippen molar-refractivity contribution in [1.82, 2.24) is 9.78 Å². The van der Waals surface area contributed by atoms with Crippen molar-refractivity contribution in [1.29, 1.82) is 0 Å². The lowest BCUT2D eigenvalue weighted by molar-refractivity contribution is 0.414. The lowest BCUT2D eigenvalue weighted by atomic mass is 10.3. The number of benzene rings is 1. The van der Waals surface area contributed by atoms with Crippen molar-refractivity contribution >= 4 is 5.69 Å². The van der Waals surface area contributed by atoms with E-state index in [0.29, 0.717) is 11.4 Å². The summed E-state index contributed by atoms with van der Waals surface area (Å²) in [5.74, 6) is 5.91. The number of hydrazine groups is 1. The van der Waals surface area contributed by atoms with E-state index in [9.17, 15) is 4.79 Å². The van der Waals surface area contributed by atoms with E-state index in [4.69, 9.17) is 10.6 Å². The maximum Gasteiger partial charge on any atom is 0.273 e. The fraction of sp³-hybridized carbons (Fsp3) is 0.0909. The van der Waals surface area contributed by atoms with Crippen LogP contribution in [0, 0.1) is 0 Å². The minimum absolute atomic E-state index is 0.259. The Morgan fingerprint density at radius 1 is 1.35 bits per heavy atom. The summed E-state index contributed by atoms with van der Waals surface area (Å²) in [5.41, 5.74) is 3.25. The van der Waals surface area contributed by atoms with Crippen LogP contribution in [-0.4, -0.2) is 16.9 Å². The van der Waals surface area contributed by atoms with Gasteiger partial charge in [-0.15, -0.1) is 0 Å². The van der Waals surface area contributed by atoms with Crippen LogP contribution in [0.25, 0.3) is 5.69 Å². The van der Waals surface area contributed by atoms with Gasteiger partial charge in [-0.2, -0.15) is 9.78 Å². The molecular weight excluding hydrogens is 220 g/mol. The zero-order valence-electron chi connectivity index (χ0n) is 9.25. The van der Waals surface area contributed by atoms with E-state index >= 15 is 0 Å². The second kappa shape index (κ2) is 4.67. The highest BCUT2D eigenvalue weighted by molar-refractivity contribution is 5.40. The quantitative estimate of drug-likeness (QED) is 0.595. The van der Waals surface area contributed by atoms with Gasteiger partial charge in [0.15, 0.2) is 0 Å². The van der Waals surface area contributed by atoms with E-state index < -0.39 is 0 Å². The lowest BCUT2D eigenvalue weighted by Gasteiger charge is -2.06. The molecule has 0 unspecified atom stereocenters. The van der Waals surface area contributed by atoms with Crippen molar-refractivity contribution in [2.24, 2.45) is 5.84 Å². The molecule has 0 amide bonds. The van der Waals surface area contributed by atoms with Crippen LogP contribution in [0.2, 0.25) is 0 Å². The van der Waals surface area contributed by atoms with Crippen LogP contribution >= 0.6 is 0 Å². The SMILES string of the molecule is COc1ccc(-n2ncc(NN)cc2=O)cc1. The molecule has 0 bridgehead atoms. The van der Waals surface area contributed by atoms with Crippen molar-refractivity contribution in [3.8, 4) is 11.4 Å². The molecule has 0 aliphatic heterocycles. The summed E-state index contributed by atoms with van der Waals surface area (Å²) in [7, 11) is 1.58. The predicted molar refractivity (Wildman–Crippen MR) is 64.2 cm³/mol. The fourth-order valence-electron chi connectivity index (χ4n) is 1.40. The molecule has 1 aromatic heterocycles. The highest BCUT2D eigenvalue weighted by Crippen LogP contribution is 2.13. The Bertz CT molecular complexity index is 562. The van der Waals surface area contributed by atoms with Crippen molar-refractivity contribution in [2.75, 3.05) is 12.5 Å². The summed E-state index contributed by atoms with van der Waals surface area (Å²) in [4.78, 5) is 11.7. The third-order valence-electron chi connectivity index (χ3n) is 2.28. The first kappa shape index (κ1) is 11.2. The summed E-state index contributed by atoms with van der Waals surface area (Å²) in [6.07, 6.45) is 1.48. The van der Waals surface area contributed by atoms with Gasteiger partial charge in [0.25, 0.3) is 5.56 Å². The predicted octanol–water partition coefficient (Wildman–Crippen LogP) is 0.527. The molecule has 6 nitrogen and oxygen atoms in total. The van der Waals surface area contributed by atoms with Gasteiger partial charge in [0.1, 0.15) is 5.75 Å². The molecule has 0 aliphatic rings. The molecule has 17 heavy (non-hydrogen) atoms. The van der Waals surface area contributed by atoms with Crippen molar-refractivity contribution in [3.05, 3.63) is 46.9 Å². The van der Waals surface area contributed by atoms with E-state index in [1.807, 2.05) is 0 Å². The standard InChI is InChI=1S/C11H12N4O2/c1-17-10-4-2-9(3-5-10)15-11(16)6-8(14-12)7-13-15/h2-7,14H,12H2,1H3. The normalized spacial score (nSPS) is 10.0. The van der Waals surface area contributed by atoms with Gasteiger partial charge >= 0.3 is 0 Å². The maximum absolute atomic E-state index is 11.7. The zero-order valence-corrected chi connectivity index (χ0v) is 9.25. The Morgan fingerprint density at radius 3 is 2.59 bits per heavy atom. The van der Waals surface area contributed by atoms with Gasteiger partial charge in [-0.25, -0.2) is 0 Å². The van der Waals surface area contributed by atoms with Crippen molar-refractivity contribution in [3.63, 3.8) is 0 Å². The monoisotopic (exact) mass is 232 g/mol. The van der Waals surface area contributed by atoms with E-state index in [-0.39, 0.29) is 5.56 Å². The summed E-state index contributed by atoms with van der Waals surface area (Å²) in [6, 6.07) is 8.40. The molecule has 1 heterocycles. The number of aromatic nitrogens is 2. The topological polar surface area (TPSA) is 82.2 Å². The van der Waals surface area contributed by atoms with Gasteiger partial charge in [0, 0.05) is 6.07 Å². The lowest BCUT2D eigenvalue weighted by Crippen LogP contribution is -2.21. The Morgan fingerprint density at radius 2 is 2.06 bits per heavy atom. The van der Waals surface area contributed by atoms with Crippen LogP contribution < -0.4 is 21.6 Å². The Balaban J connectivity index is 2.42. The number of hydrogen-bond acceptors (Lipinski definition) is 5. The van der Waals surface area contributed by atoms with E-state index in [2.05, 4.69) is 10.5 Å². The highest BCUT2D eigenvalue weighted by atomic mass is 16.5. The average Bonchev–Trinajstić information content (AvgIpc) is 2.39. The third kappa shape index (κ3) is 2.26. The summed E-state index contributed by atoms with van der Waals surface area (Å²) in [5, 5.41) is 4.00. The van der Waals surface area contributed by atoms with Gasteiger partial charge in [0.2, 0.25) is 0 Å². The Labute approximate surface area is 97.6 Å². The minimum atomic E-state index is -0.259. The molecule has 2 rings (SSSR count). The molecule has 3 N–H and O–H groups in total. The minimum Gasteiger partial charge on any atom is -0.497 e. The number of hydrogen-bond donors (Lipinski definition) is 2.